The van der Waals surface area contributed by atoms with Crippen LogP contribution in [0, 0.1) is 20.8 Å². The molecule has 1 amide bonds. The van der Waals surface area contributed by atoms with E-state index < -0.39 is 0 Å². The highest BCUT2D eigenvalue weighted by molar-refractivity contribution is 9.09. The van der Waals surface area contributed by atoms with E-state index in [1.54, 1.807) is 0 Å². The maximum absolute atomic E-state index is 11.5. The number of fused-ring (bicyclic) bond motifs is 1. The summed E-state index contributed by atoms with van der Waals surface area (Å²) in [6, 6.07) is 10.7. The molecule has 0 fully saturated rings. The highest BCUT2D eigenvalue weighted by Gasteiger charge is 2.21. The fourth-order valence-electron chi connectivity index (χ4n) is 3.16. The summed E-state index contributed by atoms with van der Waals surface area (Å²) in [5.41, 5.74) is 8.42. The van der Waals surface area contributed by atoms with Crippen LogP contribution < -0.4 is 5.32 Å². The van der Waals surface area contributed by atoms with E-state index in [0.717, 1.165) is 11.3 Å². The van der Waals surface area contributed by atoms with Gasteiger partial charge in [-0.3, -0.25) is 4.79 Å². The van der Waals surface area contributed by atoms with Gasteiger partial charge in [0.05, 0.1) is 11.2 Å². The van der Waals surface area contributed by atoms with Crippen molar-refractivity contribution in [2.75, 3.05) is 5.32 Å². The van der Waals surface area contributed by atoms with E-state index in [-0.39, 0.29) is 10.7 Å². The number of alkyl halides is 1. The maximum Gasteiger partial charge on any atom is 0.228 e. The molecule has 0 aliphatic carbocycles. The van der Waals surface area contributed by atoms with Crippen molar-refractivity contribution in [3.63, 3.8) is 0 Å². The second-order valence-corrected chi connectivity index (χ2v) is 6.73. The second-order valence-electron chi connectivity index (χ2n) is 5.82. The van der Waals surface area contributed by atoms with E-state index in [9.17, 15) is 4.79 Å². The van der Waals surface area contributed by atoms with Gasteiger partial charge in [-0.15, -0.1) is 0 Å². The van der Waals surface area contributed by atoms with Gasteiger partial charge in [-0.1, -0.05) is 45.8 Å². The van der Waals surface area contributed by atoms with Crippen LogP contribution in [0.15, 0.2) is 30.3 Å². The van der Waals surface area contributed by atoms with Crippen molar-refractivity contribution in [3.05, 3.63) is 63.7 Å². The first kappa shape index (κ1) is 14.3. The first-order chi connectivity index (χ1) is 9.95. The van der Waals surface area contributed by atoms with Crippen LogP contribution in [0.4, 0.5) is 5.69 Å². The first-order valence-corrected chi connectivity index (χ1v) is 8.02. The number of hydrogen-bond donors (Lipinski definition) is 1. The Morgan fingerprint density at radius 3 is 2.43 bits per heavy atom. The van der Waals surface area contributed by atoms with Gasteiger partial charge < -0.3 is 5.32 Å². The van der Waals surface area contributed by atoms with Crippen molar-refractivity contribution in [1.29, 1.82) is 0 Å². The molecule has 0 bridgehead atoms. The lowest BCUT2D eigenvalue weighted by molar-refractivity contribution is -0.115. The predicted octanol–water partition coefficient (Wildman–Crippen LogP) is 4.59. The molecule has 1 aliphatic rings. The SMILES string of the molecule is Cc1cc(C)c(C(Br)c2ccc3c(c2)CC(=O)N3)c(C)c1. The summed E-state index contributed by atoms with van der Waals surface area (Å²) in [5.74, 6) is 0.0796. The molecule has 1 atom stereocenters. The van der Waals surface area contributed by atoms with Crippen LogP contribution in [0.5, 0.6) is 0 Å². The minimum Gasteiger partial charge on any atom is -0.326 e. The Bertz CT molecular complexity index is 713. The van der Waals surface area contributed by atoms with Crippen molar-refractivity contribution in [1.82, 2.24) is 0 Å². The third kappa shape index (κ3) is 2.62. The Balaban J connectivity index is 2.02. The zero-order chi connectivity index (χ0) is 15.1. The van der Waals surface area contributed by atoms with Gasteiger partial charge in [0.15, 0.2) is 0 Å². The van der Waals surface area contributed by atoms with Gasteiger partial charge >= 0.3 is 0 Å². The molecular formula is C18H18BrNO. The van der Waals surface area contributed by atoms with Crippen LogP contribution >= 0.6 is 15.9 Å². The first-order valence-electron chi connectivity index (χ1n) is 7.10. The summed E-state index contributed by atoms with van der Waals surface area (Å²) in [7, 11) is 0. The van der Waals surface area contributed by atoms with Crippen molar-refractivity contribution >= 4 is 27.5 Å². The molecule has 1 heterocycles. The van der Waals surface area contributed by atoms with Gasteiger partial charge in [-0.05, 0) is 54.7 Å². The zero-order valence-corrected chi connectivity index (χ0v) is 14.0. The van der Waals surface area contributed by atoms with Crippen LogP contribution in [-0.4, -0.2) is 5.91 Å². The molecule has 2 aromatic carbocycles. The van der Waals surface area contributed by atoms with E-state index in [4.69, 9.17) is 0 Å². The molecule has 0 aromatic heterocycles. The number of amides is 1. The van der Waals surface area contributed by atoms with E-state index in [2.05, 4.69) is 66.3 Å². The van der Waals surface area contributed by atoms with E-state index >= 15 is 0 Å². The molecule has 0 spiro atoms. The molecule has 3 rings (SSSR count). The molecule has 0 saturated carbocycles. The summed E-state index contributed by atoms with van der Waals surface area (Å²) >= 11 is 3.84. The lowest BCUT2D eigenvalue weighted by Gasteiger charge is -2.18. The van der Waals surface area contributed by atoms with Gasteiger partial charge in [0.1, 0.15) is 0 Å². The van der Waals surface area contributed by atoms with Crippen LogP contribution in [0.25, 0.3) is 0 Å². The summed E-state index contributed by atoms with van der Waals surface area (Å²) < 4.78 is 0. The van der Waals surface area contributed by atoms with Crippen LogP contribution in [-0.2, 0) is 11.2 Å². The maximum atomic E-state index is 11.5. The lowest BCUT2D eigenvalue weighted by atomic mass is 9.93. The number of nitrogens with one attached hydrogen (secondary N) is 1. The highest BCUT2D eigenvalue weighted by Crippen LogP contribution is 2.37. The van der Waals surface area contributed by atoms with Crippen molar-refractivity contribution in [3.8, 4) is 0 Å². The van der Waals surface area contributed by atoms with Crippen molar-refractivity contribution < 1.29 is 4.79 Å². The van der Waals surface area contributed by atoms with Crippen LogP contribution in [0.3, 0.4) is 0 Å². The van der Waals surface area contributed by atoms with Crippen molar-refractivity contribution in [2.24, 2.45) is 0 Å². The number of anilines is 1. The average molecular weight is 344 g/mol. The van der Waals surface area contributed by atoms with E-state index in [1.807, 2.05) is 6.07 Å². The highest BCUT2D eigenvalue weighted by atomic mass is 79.9. The number of carbonyl (C=O) groups is 1. The molecule has 1 unspecified atom stereocenters. The zero-order valence-electron chi connectivity index (χ0n) is 12.5. The largest absolute Gasteiger partial charge is 0.326 e. The fourth-order valence-corrected chi connectivity index (χ4v) is 4.17. The predicted molar refractivity (Wildman–Crippen MR) is 90.2 cm³/mol. The molecule has 108 valence electrons. The number of halogens is 1. The third-order valence-electron chi connectivity index (χ3n) is 4.04. The smallest absolute Gasteiger partial charge is 0.228 e. The number of rotatable bonds is 2. The summed E-state index contributed by atoms with van der Waals surface area (Å²) in [4.78, 5) is 11.6. The topological polar surface area (TPSA) is 29.1 Å². The van der Waals surface area contributed by atoms with Crippen LogP contribution in [0.1, 0.15) is 38.2 Å². The third-order valence-corrected chi connectivity index (χ3v) is 5.03. The molecule has 3 heteroatoms. The molecule has 21 heavy (non-hydrogen) atoms. The lowest BCUT2D eigenvalue weighted by Crippen LogP contribution is -2.03. The normalized spacial score (nSPS) is 14.8. The summed E-state index contributed by atoms with van der Waals surface area (Å²) in [5, 5.41) is 2.88. The molecule has 0 saturated heterocycles. The molecule has 1 aliphatic heterocycles. The number of benzene rings is 2. The standard InChI is InChI=1S/C18H18BrNO/c1-10-6-11(2)17(12(3)7-10)18(19)13-4-5-15-14(8-13)9-16(21)20-15/h4-8,18H,9H2,1-3H3,(H,20,21). The monoisotopic (exact) mass is 343 g/mol. The molecule has 2 nitrogen and oxygen atoms in total. The summed E-state index contributed by atoms with van der Waals surface area (Å²) in [6.45, 7) is 6.43. The number of carbonyl (C=O) groups excluding carboxylic acids is 1. The van der Waals surface area contributed by atoms with E-state index in [1.165, 1.54) is 27.8 Å². The quantitative estimate of drug-likeness (QED) is 0.793. The molecule has 0 radical (unpaired) electrons. The Hall–Kier alpha value is -1.61. The fraction of sp³-hybridized carbons (Fsp3) is 0.278. The van der Waals surface area contributed by atoms with Crippen LogP contribution in [0.2, 0.25) is 0 Å². The van der Waals surface area contributed by atoms with Gasteiger partial charge in [0.2, 0.25) is 5.91 Å². The second kappa shape index (κ2) is 5.30. The molecule has 2 aromatic rings. The molecular weight excluding hydrogens is 326 g/mol. The van der Waals surface area contributed by atoms with Crippen molar-refractivity contribution in [2.45, 2.75) is 32.0 Å². The van der Waals surface area contributed by atoms with Gasteiger partial charge in [-0.2, -0.15) is 0 Å². The minimum absolute atomic E-state index is 0.0796. The van der Waals surface area contributed by atoms with Gasteiger partial charge in [0, 0.05) is 5.69 Å². The van der Waals surface area contributed by atoms with Gasteiger partial charge in [0.25, 0.3) is 0 Å². The van der Waals surface area contributed by atoms with Gasteiger partial charge in [-0.25, -0.2) is 0 Å². The minimum atomic E-state index is 0.0796. The van der Waals surface area contributed by atoms with E-state index in [0.29, 0.717) is 6.42 Å². The Labute approximate surface area is 133 Å². The Kier molecular flexibility index (Phi) is 3.62. The number of hydrogen-bond acceptors (Lipinski definition) is 1. The molecule has 1 N–H and O–H groups in total. The average Bonchev–Trinajstić information content (AvgIpc) is 2.76. The Morgan fingerprint density at radius 1 is 1.10 bits per heavy atom. The Morgan fingerprint density at radius 2 is 1.76 bits per heavy atom. The summed E-state index contributed by atoms with van der Waals surface area (Å²) in [6.07, 6.45) is 0.481. The number of aryl methyl sites for hydroxylation is 3.